The summed E-state index contributed by atoms with van der Waals surface area (Å²) in [6.07, 6.45) is -0.308. The number of carbonyl (C=O) groups excluding carboxylic acids is 1. The van der Waals surface area contributed by atoms with Gasteiger partial charge in [-0.25, -0.2) is 4.79 Å². The van der Waals surface area contributed by atoms with E-state index in [4.69, 9.17) is 15.2 Å². The number of rotatable bonds is 1. The highest BCUT2D eigenvalue weighted by Crippen LogP contribution is 2.25. The lowest BCUT2D eigenvalue weighted by atomic mass is 10.1. The van der Waals surface area contributed by atoms with Crippen molar-refractivity contribution in [3.63, 3.8) is 0 Å². The van der Waals surface area contributed by atoms with E-state index in [0.29, 0.717) is 26.2 Å². The van der Waals surface area contributed by atoms with Crippen molar-refractivity contribution in [1.82, 2.24) is 4.90 Å². The van der Waals surface area contributed by atoms with Crippen LogP contribution < -0.4 is 10.5 Å². The lowest BCUT2D eigenvalue weighted by molar-refractivity contribution is 0.0225. The van der Waals surface area contributed by atoms with E-state index in [2.05, 4.69) is 0 Å². The van der Waals surface area contributed by atoms with Crippen molar-refractivity contribution in [3.8, 4) is 5.75 Å². The molecule has 20 heavy (non-hydrogen) atoms. The molecular weight excluding hydrogens is 256 g/mol. The number of carbonyl (C=O) groups is 1. The smallest absolute Gasteiger partial charge is 0.410 e. The quantitative estimate of drug-likeness (QED) is 0.856. The second-order valence-electron chi connectivity index (χ2n) is 5.90. The molecule has 1 aliphatic heterocycles. The van der Waals surface area contributed by atoms with Crippen LogP contribution in [0.4, 0.5) is 4.79 Å². The van der Waals surface area contributed by atoms with Crippen LogP contribution in [0.2, 0.25) is 0 Å². The summed E-state index contributed by atoms with van der Waals surface area (Å²) < 4.78 is 11.1. The van der Waals surface area contributed by atoms with Gasteiger partial charge < -0.3 is 20.1 Å². The SMILES string of the molecule is CC(C)(C)OC(=O)N1CCOc2cc(CN)ccc2C1. The fourth-order valence-corrected chi connectivity index (χ4v) is 2.02. The normalized spacial score (nSPS) is 15.1. The van der Waals surface area contributed by atoms with E-state index in [-0.39, 0.29) is 6.09 Å². The molecule has 0 spiro atoms. The summed E-state index contributed by atoms with van der Waals surface area (Å²) in [7, 11) is 0. The Hall–Kier alpha value is -1.75. The van der Waals surface area contributed by atoms with Crippen molar-refractivity contribution < 1.29 is 14.3 Å². The summed E-state index contributed by atoms with van der Waals surface area (Å²) in [5.41, 5.74) is 7.14. The number of hydrogen-bond donors (Lipinski definition) is 1. The lowest BCUT2D eigenvalue weighted by Gasteiger charge is -2.26. The average Bonchev–Trinajstić information content (AvgIpc) is 2.57. The first-order valence-corrected chi connectivity index (χ1v) is 6.81. The molecule has 5 heteroatoms. The Morgan fingerprint density at radius 1 is 1.45 bits per heavy atom. The van der Waals surface area contributed by atoms with Crippen molar-refractivity contribution in [2.24, 2.45) is 5.73 Å². The fraction of sp³-hybridized carbons (Fsp3) is 0.533. The molecule has 1 aromatic rings. The summed E-state index contributed by atoms with van der Waals surface area (Å²) in [5.74, 6) is 0.805. The first kappa shape index (κ1) is 14.7. The molecule has 110 valence electrons. The van der Waals surface area contributed by atoms with Gasteiger partial charge in [-0.1, -0.05) is 12.1 Å². The number of fused-ring (bicyclic) bond motifs is 1. The number of nitrogens with zero attached hydrogens (tertiary/aromatic N) is 1. The molecule has 1 aliphatic rings. The molecule has 2 rings (SSSR count). The summed E-state index contributed by atoms with van der Waals surface area (Å²) in [5, 5.41) is 0. The zero-order valence-corrected chi connectivity index (χ0v) is 12.3. The minimum atomic E-state index is -0.490. The van der Waals surface area contributed by atoms with Gasteiger partial charge in [-0.2, -0.15) is 0 Å². The van der Waals surface area contributed by atoms with E-state index in [1.165, 1.54) is 0 Å². The standard InChI is InChI=1S/C15H22N2O3/c1-15(2,3)20-14(18)17-6-7-19-13-8-11(9-16)4-5-12(13)10-17/h4-5,8H,6-7,9-10,16H2,1-3H3. The van der Waals surface area contributed by atoms with E-state index in [9.17, 15) is 4.79 Å². The van der Waals surface area contributed by atoms with Gasteiger partial charge in [-0.15, -0.1) is 0 Å². The van der Waals surface area contributed by atoms with Crippen LogP contribution in [0.3, 0.4) is 0 Å². The maximum Gasteiger partial charge on any atom is 0.410 e. The minimum absolute atomic E-state index is 0.308. The van der Waals surface area contributed by atoms with Crippen LogP contribution in [0.15, 0.2) is 18.2 Å². The second-order valence-corrected chi connectivity index (χ2v) is 5.90. The summed E-state index contributed by atoms with van der Waals surface area (Å²) >= 11 is 0. The van der Waals surface area contributed by atoms with Gasteiger partial charge in [0.15, 0.2) is 0 Å². The van der Waals surface area contributed by atoms with Crippen molar-refractivity contribution >= 4 is 6.09 Å². The molecule has 5 nitrogen and oxygen atoms in total. The summed E-state index contributed by atoms with van der Waals surface area (Å²) in [6, 6.07) is 5.86. The first-order valence-electron chi connectivity index (χ1n) is 6.81. The average molecular weight is 278 g/mol. The first-order chi connectivity index (χ1) is 9.39. The van der Waals surface area contributed by atoms with Gasteiger partial charge in [0.05, 0.1) is 13.1 Å². The second kappa shape index (κ2) is 5.71. The summed E-state index contributed by atoms with van der Waals surface area (Å²) in [6.45, 7) is 7.53. The molecule has 1 aromatic carbocycles. The van der Waals surface area contributed by atoms with Crippen LogP contribution in [0.5, 0.6) is 5.75 Å². The van der Waals surface area contributed by atoms with E-state index >= 15 is 0 Å². The predicted octanol–water partition coefficient (Wildman–Crippen LogP) is 2.27. The highest BCUT2D eigenvalue weighted by molar-refractivity contribution is 5.68. The van der Waals surface area contributed by atoms with Gasteiger partial charge in [0.2, 0.25) is 0 Å². The van der Waals surface area contributed by atoms with Crippen molar-refractivity contribution in [1.29, 1.82) is 0 Å². The van der Waals surface area contributed by atoms with E-state index in [0.717, 1.165) is 16.9 Å². The third kappa shape index (κ3) is 3.63. The van der Waals surface area contributed by atoms with Crippen LogP contribution in [-0.4, -0.2) is 29.7 Å². The maximum absolute atomic E-state index is 12.1. The number of ether oxygens (including phenoxy) is 2. The zero-order valence-electron chi connectivity index (χ0n) is 12.3. The molecule has 2 N–H and O–H groups in total. The van der Waals surface area contributed by atoms with Crippen LogP contribution in [0.1, 0.15) is 31.9 Å². The van der Waals surface area contributed by atoms with Crippen LogP contribution in [-0.2, 0) is 17.8 Å². The highest BCUT2D eigenvalue weighted by Gasteiger charge is 2.25. The zero-order chi connectivity index (χ0) is 14.8. The van der Waals surface area contributed by atoms with Gasteiger partial charge in [0, 0.05) is 12.1 Å². The largest absolute Gasteiger partial charge is 0.491 e. The molecule has 1 heterocycles. The van der Waals surface area contributed by atoms with Gasteiger partial charge in [-0.05, 0) is 32.4 Å². The Balaban J connectivity index is 2.14. The molecule has 0 aliphatic carbocycles. The topological polar surface area (TPSA) is 64.8 Å². The number of benzene rings is 1. The molecule has 0 saturated carbocycles. The molecular formula is C15H22N2O3. The fourth-order valence-electron chi connectivity index (χ4n) is 2.02. The van der Waals surface area contributed by atoms with Crippen LogP contribution in [0.25, 0.3) is 0 Å². The van der Waals surface area contributed by atoms with Crippen molar-refractivity contribution in [2.75, 3.05) is 13.2 Å². The molecule has 0 saturated heterocycles. The maximum atomic E-state index is 12.1. The van der Waals surface area contributed by atoms with E-state index in [1.807, 2.05) is 39.0 Å². The van der Waals surface area contributed by atoms with E-state index < -0.39 is 5.60 Å². The molecule has 1 amide bonds. The van der Waals surface area contributed by atoms with Crippen LogP contribution in [0, 0.1) is 0 Å². The molecule has 0 fully saturated rings. The van der Waals surface area contributed by atoms with Gasteiger partial charge >= 0.3 is 6.09 Å². The number of hydrogen-bond acceptors (Lipinski definition) is 4. The number of amides is 1. The third-order valence-corrected chi connectivity index (χ3v) is 3.00. The summed E-state index contributed by atoms with van der Waals surface area (Å²) in [4.78, 5) is 13.8. The van der Waals surface area contributed by atoms with Crippen molar-refractivity contribution in [3.05, 3.63) is 29.3 Å². The Morgan fingerprint density at radius 3 is 2.85 bits per heavy atom. The minimum Gasteiger partial charge on any atom is -0.491 e. The third-order valence-electron chi connectivity index (χ3n) is 3.00. The molecule has 0 aromatic heterocycles. The number of nitrogens with two attached hydrogens (primary N) is 1. The lowest BCUT2D eigenvalue weighted by Crippen LogP contribution is -2.37. The predicted molar refractivity (Wildman–Crippen MR) is 76.5 cm³/mol. The highest BCUT2D eigenvalue weighted by atomic mass is 16.6. The molecule has 0 radical (unpaired) electrons. The Kier molecular flexibility index (Phi) is 4.18. The van der Waals surface area contributed by atoms with Crippen molar-refractivity contribution in [2.45, 2.75) is 39.5 Å². The monoisotopic (exact) mass is 278 g/mol. The van der Waals surface area contributed by atoms with Gasteiger partial charge in [0.25, 0.3) is 0 Å². The molecule has 0 unspecified atom stereocenters. The van der Waals surface area contributed by atoms with Gasteiger partial charge in [-0.3, -0.25) is 0 Å². The molecule has 0 atom stereocenters. The Morgan fingerprint density at radius 2 is 2.20 bits per heavy atom. The molecule has 0 bridgehead atoms. The van der Waals surface area contributed by atoms with Crippen LogP contribution >= 0.6 is 0 Å². The van der Waals surface area contributed by atoms with E-state index in [1.54, 1.807) is 4.90 Å². The van der Waals surface area contributed by atoms with Gasteiger partial charge in [0.1, 0.15) is 18.0 Å². The Bertz CT molecular complexity index is 494. The Labute approximate surface area is 119 Å².